The highest BCUT2D eigenvalue weighted by Crippen LogP contribution is 2.25. The molecule has 3 heterocycles. The Morgan fingerprint density at radius 1 is 1.12 bits per heavy atom. The number of anilines is 1. The number of aryl methyl sites for hydroxylation is 1. The van der Waals surface area contributed by atoms with Crippen molar-refractivity contribution >= 4 is 41.0 Å². The molecule has 1 aromatic heterocycles. The number of nitrogens with zero attached hydrogens (tertiary/aromatic N) is 5. The second kappa shape index (κ2) is 10.7. The number of carbonyl (C=O) groups excluding carboxylic acids is 2. The summed E-state index contributed by atoms with van der Waals surface area (Å²) in [6.45, 7) is 8.30. The van der Waals surface area contributed by atoms with Crippen molar-refractivity contribution in [2.45, 2.75) is 25.0 Å². The molecule has 0 aliphatic carbocycles. The largest absolute Gasteiger partial charge is 0.378 e. The number of hydrogen-bond donors (Lipinski definition) is 0. The molecule has 0 bridgehead atoms. The van der Waals surface area contributed by atoms with Crippen LogP contribution < -0.4 is 4.90 Å². The lowest BCUT2D eigenvalue weighted by atomic mass is 10.1. The molecular weight excluding hydrogens is 462 g/mol. The summed E-state index contributed by atoms with van der Waals surface area (Å²) in [5.74, 6) is 1.06. The molecular formula is C23H28ClN5O3S. The van der Waals surface area contributed by atoms with Gasteiger partial charge in [0, 0.05) is 50.4 Å². The van der Waals surface area contributed by atoms with Crippen molar-refractivity contribution in [3.8, 4) is 0 Å². The Morgan fingerprint density at radius 3 is 2.55 bits per heavy atom. The van der Waals surface area contributed by atoms with Gasteiger partial charge in [-0.2, -0.15) is 0 Å². The van der Waals surface area contributed by atoms with Gasteiger partial charge in [-0.05, 0) is 26.0 Å². The number of thioether (sulfide) groups is 1. The number of amides is 2. The van der Waals surface area contributed by atoms with Crippen molar-refractivity contribution < 1.29 is 14.3 Å². The van der Waals surface area contributed by atoms with E-state index < -0.39 is 0 Å². The summed E-state index contributed by atoms with van der Waals surface area (Å²) in [6.07, 6.45) is 0. The van der Waals surface area contributed by atoms with Crippen LogP contribution in [0.25, 0.3) is 0 Å². The lowest BCUT2D eigenvalue weighted by Crippen LogP contribution is -2.54. The third-order valence-electron chi connectivity index (χ3n) is 5.86. The fourth-order valence-corrected chi connectivity index (χ4v) is 4.96. The van der Waals surface area contributed by atoms with E-state index in [-0.39, 0.29) is 23.6 Å². The van der Waals surface area contributed by atoms with Crippen LogP contribution in [-0.4, -0.2) is 89.3 Å². The SMILES string of the molecule is Cc1ccc(C(=O)N2CCN(c3cc(Cl)nc(SCC(=O)N4CCOCC4)n3)CC2C)cc1. The molecule has 2 saturated heterocycles. The Kier molecular flexibility index (Phi) is 7.72. The van der Waals surface area contributed by atoms with Crippen LogP contribution in [-0.2, 0) is 9.53 Å². The van der Waals surface area contributed by atoms with Crippen molar-refractivity contribution in [1.82, 2.24) is 19.8 Å². The molecule has 176 valence electrons. The number of aromatic nitrogens is 2. The van der Waals surface area contributed by atoms with E-state index in [1.807, 2.05) is 43.0 Å². The van der Waals surface area contributed by atoms with E-state index in [9.17, 15) is 9.59 Å². The summed E-state index contributed by atoms with van der Waals surface area (Å²) in [5.41, 5.74) is 1.83. The van der Waals surface area contributed by atoms with Gasteiger partial charge in [-0.25, -0.2) is 9.97 Å². The van der Waals surface area contributed by atoms with Crippen LogP contribution >= 0.6 is 23.4 Å². The van der Waals surface area contributed by atoms with Crippen LogP contribution in [0.15, 0.2) is 35.5 Å². The quantitative estimate of drug-likeness (QED) is 0.363. The summed E-state index contributed by atoms with van der Waals surface area (Å²) >= 11 is 7.56. The zero-order valence-electron chi connectivity index (χ0n) is 18.9. The van der Waals surface area contributed by atoms with Crippen molar-refractivity contribution in [3.05, 3.63) is 46.6 Å². The summed E-state index contributed by atoms with van der Waals surface area (Å²) in [4.78, 5) is 40.1. The van der Waals surface area contributed by atoms with Gasteiger partial charge in [0.05, 0.1) is 19.0 Å². The topological polar surface area (TPSA) is 78.9 Å². The number of carbonyl (C=O) groups is 2. The first-order valence-corrected chi connectivity index (χ1v) is 12.4. The number of benzene rings is 1. The highest BCUT2D eigenvalue weighted by Gasteiger charge is 2.29. The minimum absolute atomic E-state index is 0.0142. The number of halogens is 1. The van der Waals surface area contributed by atoms with Gasteiger partial charge in [0.2, 0.25) is 5.91 Å². The van der Waals surface area contributed by atoms with Crippen LogP contribution in [0.1, 0.15) is 22.8 Å². The van der Waals surface area contributed by atoms with Crippen LogP contribution in [0.4, 0.5) is 5.82 Å². The van der Waals surface area contributed by atoms with Crippen LogP contribution in [0.5, 0.6) is 0 Å². The van der Waals surface area contributed by atoms with Crippen LogP contribution in [0, 0.1) is 6.92 Å². The summed E-state index contributed by atoms with van der Waals surface area (Å²) in [5, 5.41) is 0.817. The van der Waals surface area contributed by atoms with E-state index in [1.165, 1.54) is 11.8 Å². The van der Waals surface area contributed by atoms with Gasteiger partial charge in [0.25, 0.3) is 5.91 Å². The standard InChI is InChI=1S/C23H28ClN5O3S/c1-16-3-5-18(6-4-16)22(31)29-8-7-28(14-17(29)2)20-13-19(24)25-23(26-20)33-15-21(30)27-9-11-32-12-10-27/h3-6,13,17H,7-12,14-15H2,1-2H3. The molecule has 0 radical (unpaired) electrons. The van der Waals surface area contributed by atoms with E-state index >= 15 is 0 Å². The molecule has 10 heteroatoms. The normalized spacial score (nSPS) is 19.0. The molecule has 1 aromatic carbocycles. The van der Waals surface area contributed by atoms with Crippen LogP contribution in [0.2, 0.25) is 5.15 Å². The number of hydrogen-bond acceptors (Lipinski definition) is 7. The van der Waals surface area contributed by atoms with E-state index in [2.05, 4.69) is 14.9 Å². The summed E-state index contributed by atoms with van der Waals surface area (Å²) in [6, 6.07) is 9.42. The van der Waals surface area contributed by atoms with E-state index in [1.54, 1.807) is 11.0 Å². The molecule has 0 N–H and O–H groups in total. The Morgan fingerprint density at radius 2 is 1.85 bits per heavy atom. The monoisotopic (exact) mass is 489 g/mol. The predicted molar refractivity (Wildman–Crippen MR) is 129 cm³/mol. The highest BCUT2D eigenvalue weighted by molar-refractivity contribution is 7.99. The lowest BCUT2D eigenvalue weighted by molar-refractivity contribution is -0.132. The van der Waals surface area contributed by atoms with Crippen molar-refractivity contribution in [3.63, 3.8) is 0 Å². The smallest absolute Gasteiger partial charge is 0.254 e. The Hall–Kier alpha value is -2.36. The first-order valence-electron chi connectivity index (χ1n) is 11.1. The molecule has 2 aliphatic heterocycles. The highest BCUT2D eigenvalue weighted by atomic mass is 35.5. The maximum absolute atomic E-state index is 13.0. The lowest BCUT2D eigenvalue weighted by Gasteiger charge is -2.40. The third-order valence-corrected chi connectivity index (χ3v) is 6.89. The molecule has 33 heavy (non-hydrogen) atoms. The second-order valence-corrected chi connectivity index (χ2v) is 9.60. The van der Waals surface area contributed by atoms with Crippen molar-refractivity contribution in [1.29, 1.82) is 0 Å². The number of rotatable bonds is 5. The Labute approximate surface area is 203 Å². The molecule has 2 aromatic rings. The van der Waals surface area contributed by atoms with Crippen LogP contribution in [0.3, 0.4) is 0 Å². The average molecular weight is 490 g/mol. The zero-order valence-corrected chi connectivity index (χ0v) is 20.4. The fraction of sp³-hybridized carbons (Fsp3) is 0.478. The molecule has 2 aliphatic rings. The minimum Gasteiger partial charge on any atom is -0.378 e. The molecule has 2 amide bonds. The molecule has 1 unspecified atom stereocenters. The molecule has 1 atom stereocenters. The number of morpholine rings is 1. The Bertz CT molecular complexity index is 1000. The summed E-state index contributed by atoms with van der Waals surface area (Å²) < 4.78 is 5.30. The molecule has 0 saturated carbocycles. The minimum atomic E-state index is 0.0142. The third kappa shape index (κ3) is 5.96. The maximum Gasteiger partial charge on any atom is 0.254 e. The van der Waals surface area contributed by atoms with Gasteiger partial charge in [0.1, 0.15) is 11.0 Å². The molecule has 0 spiro atoms. The summed E-state index contributed by atoms with van der Waals surface area (Å²) in [7, 11) is 0. The van der Waals surface area contributed by atoms with Gasteiger partial charge in [-0.1, -0.05) is 41.1 Å². The van der Waals surface area contributed by atoms with E-state index in [0.29, 0.717) is 67.6 Å². The van der Waals surface area contributed by atoms with Gasteiger partial charge in [0.15, 0.2) is 5.16 Å². The van der Waals surface area contributed by atoms with Gasteiger partial charge >= 0.3 is 0 Å². The number of ether oxygens (including phenoxy) is 1. The van der Waals surface area contributed by atoms with Gasteiger partial charge < -0.3 is 19.4 Å². The molecule has 8 nitrogen and oxygen atoms in total. The Balaban J connectivity index is 1.38. The number of piperazine rings is 1. The van der Waals surface area contributed by atoms with Gasteiger partial charge in [-0.3, -0.25) is 9.59 Å². The first kappa shape index (κ1) is 23.8. The van der Waals surface area contributed by atoms with E-state index in [0.717, 1.165) is 5.56 Å². The molecule has 4 rings (SSSR count). The average Bonchev–Trinajstić information content (AvgIpc) is 2.83. The van der Waals surface area contributed by atoms with Crippen molar-refractivity contribution in [2.24, 2.45) is 0 Å². The first-order chi connectivity index (χ1) is 15.9. The second-order valence-electron chi connectivity index (χ2n) is 8.27. The fourth-order valence-electron chi connectivity index (χ4n) is 3.97. The van der Waals surface area contributed by atoms with Gasteiger partial charge in [-0.15, -0.1) is 0 Å². The van der Waals surface area contributed by atoms with Crippen molar-refractivity contribution in [2.75, 3.05) is 56.6 Å². The zero-order chi connectivity index (χ0) is 23.4. The van der Waals surface area contributed by atoms with E-state index in [4.69, 9.17) is 16.3 Å². The molecule has 2 fully saturated rings. The predicted octanol–water partition coefficient (Wildman–Crippen LogP) is 2.74. The maximum atomic E-state index is 13.0.